The third-order valence-corrected chi connectivity index (χ3v) is 8.81. The molecule has 2 aliphatic heterocycles. The summed E-state index contributed by atoms with van der Waals surface area (Å²) in [7, 11) is 1.80. The molecule has 1 fully saturated rings. The molecule has 2 heterocycles. The van der Waals surface area contributed by atoms with Gasteiger partial charge in [0.25, 0.3) is 0 Å². The molecule has 33 heavy (non-hydrogen) atoms. The van der Waals surface area contributed by atoms with E-state index >= 15 is 0 Å². The van der Waals surface area contributed by atoms with E-state index in [4.69, 9.17) is 4.74 Å². The van der Waals surface area contributed by atoms with Crippen LogP contribution in [0.1, 0.15) is 82.1 Å². The van der Waals surface area contributed by atoms with Crippen LogP contribution < -0.4 is 4.74 Å². The number of benzene rings is 2. The molecule has 0 saturated carbocycles. The number of likely N-dealkylation sites (tertiary alicyclic amines) is 1. The Hall–Kier alpha value is -1.84. The SMILES string of the molecule is COc1ccc2c(c1)C(C13CC(CN(C(C)(C)C)C1)c1ccccc13)CN(C(C)(C)C)CC2. The van der Waals surface area contributed by atoms with E-state index in [0.29, 0.717) is 11.8 Å². The van der Waals surface area contributed by atoms with Crippen molar-refractivity contribution in [3.8, 4) is 5.75 Å². The molecular weight excluding hydrogens is 404 g/mol. The average molecular weight is 447 g/mol. The second-order valence-electron chi connectivity index (χ2n) is 12.7. The molecule has 2 bridgehead atoms. The standard InChI is InChI=1S/C30H42N2O/c1-28(2,3)31-15-14-21-12-13-23(33-7)16-25(21)27(19-31)30-17-22(18-32(20-30)29(4,5)6)24-10-8-9-11-26(24)30/h8-13,16,22,27H,14-15,17-20H2,1-7H3. The minimum atomic E-state index is 0.127. The first kappa shape index (κ1) is 22.9. The first-order chi connectivity index (χ1) is 15.5. The number of nitrogens with zero attached hydrogens (tertiary/aromatic N) is 2. The van der Waals surface area contributed by atoms with Gasteiger partial charge in [0.2, 0.25) is 0 Å². The predicted molar refractivity (Wildman–Crippen MR) is 138 cm³/mol. The van der Waals surface area contributed by atoms with Gasteiger partial charge in [0.15, 0.2) is 0 Å². The van der Waals surface area contributed by atoms with Gasteiger partial charge in [-0.25, -0.2) is 0 Å². The molecule has 1 aliphatic carbocycles. The summed E-state index contributed by atoms with van der Waals surface area (Å²) in [6.07, 6.45) is 2.37. The van der Waals surface area contributed by atoms with E-state index in [1.807, 2.05) is 0 Å². The quantitative estimate of drug-likeness (QED) is 0.565. The van der Waals surface area contributed by atoms with Crippen LogP contribution in [0.3, 0.4) is 0 Å². The van der Waals surface area contributed by atoms with Crippen LogP contribution >= 0.6 is 0 Å². The Morgan fingerprint density at radius 1 is 0.879 bits per heavy atom. The Morgan fingerprint density at radius 2 is 1.61 bits per heavy atom. The summed E-state index contributed by atoms with van der Waals surface area (Å²) in [4.78, 5) is 5.51. The third kappa shape index (κ3) is 3.82. The maximum absolute atomic E-state index is 5.75. The number of fused-ring (bicyclic) bond motifs is 6. The maximum Gasteiger partial charge on any atom is 0.119 e. The zero-order valence-corrected chi connectivity index (χ0v) is 21.7. The van der Waals surface area contributed by atoms with Crippen molar-refractivity contribution in [2.45, 2.75) is 82.7 Å². The molecule has 3 atom stereocenters. The van der Waals surface area contributed by atoms with Gasteiger partial charge in [0, 0.05) is 48.6 Å². The number of rotatable bonds is 2. The fourth-order valence-corrected chi connectivity index (χ4v) is 6.90. The van der Waals surface area contributed by atoms with Crippen molar-refractivity contribution < 1.29 is 4.74 Å². The van der Waals surface area contributed by atoms with Crippen molar-refractivity contribution >= 4 is 0 Å². The Kier molecular flexibility index (Phi) is 5.45. The normalized spacial score (nSPS) is 28.2. The lowest BCUT2D eigenvalue weighted by Gasteiger charge is -2.51. The number of piperidine rings is 1. The summed E-state index contributed by atoms with van der Waals surface area (Å²) in [6, 6.07) is 16.3. The maximum atomic E-state index is 5.75. The molecule has 0 amide bonds. The van der Waals surface area contributed by atoms with Crippen LogP contribution in [0.4, 0.5) is 0 Å². The van der Waals surface area contributed by atoms with Crippen LogP contribution in [-0.2, 0) is 11.8 Å². The zero-order valence-electron chi connectivity index (χ0n) is 21.7. The fourth-order valence-electron chi connectivity index (χ4n) is 6.90. The average Bonchev–Trinajstić information content (AvgIpc) is 2.90. The van der Waals surface area contributed by atoms with Crippen molar-refractivity contribution in [3.63, 3.8) is 0 Å². The van der Waals surface area contributed by atoms with E-state index in [9.17, 15) is 0 Å². The van der Waals surface area contributed by atoms with Gasteiger partial charge in [-0.1, -0.05) is 30.3 Å². The second-order valence-corrected chi connectivity index (χ2v) is 12.7. The minimum absolute atomic E-state index is 0.127. The van der Waals surface area contributed by atoms with E-state index < -0.39 is 0 Å². The highest BCUT2D eigenvalue weighted by Gasteiger charge is 2.55. The van der Waals surface area contributed by atoms with Gasteiger partial charge in [-0.3, -0.25) is 9.80 Å². The van der Waals surface area contributed by atoms with Gasteiger partial charge < -0.3 is 4.74 Å². The van der Waals surface area contributed by atoms with E-state index in [1.165, 1.54) is 24.1 Å². The van der Waals surface area contributed by atoms with Crippen LogP contribution in [0, 0.1) is 0 Å². The van der Waals surface area contributed by atoms with E-state index in [1.54, 1.807) is 18.2 Å². The number of hydrogen-bond acceptors (Lipinski definition) is 3. The van der Waals surface area contributed by atoms with Crippen molar-refractivity contribution in [1.82, 2.24) is 9.80 Å². The van der Waals surface area contributed by atoms with Crippen LogP contribution in [0.2, 0.25) is 0 Å². The van der Waals surface area contributed by atoms with Crippen molar-refractivity contribution in [2.75, 3.05) is 33.3 Å². The first-order valence-corrected chi connectivity index (χ1v) is 12.8. The minimum Gasteiger partial charge on any atom is -0.497 e. The molecule has 0 N–H and O–H groups in total. The molecule has 1 saturated heterocycles. The summed E-state index contributed by atoms with van der Waals surface area (Å²) in [5, 5.41) is 0. The molecule has 2 aromatic carbocycles. The lowest BCUT2D eigenvalue weighted by Crippen LogP contribution is -2.56. The molecular formula is C30H42N2O. The van der Waals surface area contributed by atoms with Gasteiger partial charge in [-0.15, -0.1) is 0 Å². The highest BCUT2D eigenvalue weighted by atomic mass is 16.5. The third-order valence-electron chi connectivity index (χ3n) is 8.81. The second kappa shape index (κ2) is 7.85. The highest BCUT2D eigenvalue weighted by molar-refractivity contribution is 5.51. The monoisotopic (exact) mass is 446 g/mol. The summed E-state index contributed by atoms with van der Waals surface area (Å²) in [5.74, 6) is 2.06. The number of methoxy groups -OCH3 is 1. The van der Waals surface area contributed by atoms with Gasteiger partial charge in [0.1, 0.15) is 5.75 Å². The largest absolute Gasteiger partial charge is 0.497 e. The molecule has 0 aromatic heterocycles. The van der Waals surface area contributed by atoms with Gasteiger partial charge in [0.05, 0.1) is 7.11 Å². The molecule has 3 aliphatic rings. The molecule has 2 aromatic rings. The lowest BCUT2D eigenvalue weighted by molar-refractivity contribution is 0.0369. The summed E-state index contributed by atoms with van der Waals surface area (Å²) < 4.78 is 5.75. The van der Waals surface area contributed by atoms with Crippen molar-refractivity contribution in [3.05, 3.63) is 64.7 Å². The fraction of sp³-hybridized carbons (Fsp3) is 0.600. The molecule has 5 rings (SSSR count). The summed E-state index contributed by atoms with van der Waals surface area (Å²) >= 11 is 0. The Morgan fingerprint density at radius 3 is 2.30 bits per heavy atom. The van der Waals surface area contributed by atoms with Crippen molar-refractivity contribution in [2.24, 2.45) is 0 Å². The summed E-state index contributed by atoms with van der Waals surface area (Å²) in [6.45, 7) is 18.8. The van der Waals surface area contributed by atoms with E-state index in [-0.39, 0.29) is 16.5 Å². The van der Waals surface area contributed by atoms with Crippen LogP contribution in [-0.4, -0.2) is 54.2 Å². The molecule has 0 radical (unpaired) electrons. The van der Waals surface area contributed by atoms with Crippen LogP contribution in [0.25, 0.3) is 0 Å². The zero-order chi connectivity index (χ0) is 23.6. The Balaban J connectivity index is 1.71. The van der Waals surface area contributed by atoms with E-state index in [2.05, 4.69) is 93.8 Å². The van der Waals surface area contributed by atoms with Gasteiger partial charge in [-0.2, -0.15) is 0 Å². The van der Waals surface area contributed by atoms with Gasteiger partial charge >= 0.3 is 0 Å². The summed E-state index contributed by atoms with van der Waals surface area (Å²) in [5.41, 5.74) is 6.68. The smallest absolute Gasteiger partial charge is 0.119 e. The highest BCUT2D eigenvalue weighted by Crippen LogP contribution is 2.58. The molecule has 0 spiro atoms. The van der Waals surface area contributed by atoms with Gasteiger partial charge in [-0.05, 0) is 94.7 Å². The molecule has 178 valence electrons. The number of hydrogen-bond donors (Lipinski definition) is 0. The van der Waals surface area contributed by atoms with Crippen molar-refractivity contribution in [1.29, 1.82) is 0 Å². The van der Waals surface area contributed by atoms with Crippen LogP contribution in [0.5, 0.6) is 5.75 Å². The Labute approximate surface area is 201 Å². The first-order valence-electron chi connectivity index (χ1n) is 12.8. The topological polar surface area (TPSA) is 15.7 Å². The van der Waals surface area contributed by atoms with E-state index in [0.717, 1.165) is 31.8 Å². The Bertz CT molecular complexity index is 1030. The molecule has 3 unspecified atom stereocenters. The number of ether oxygens (including phenoxy) is 1. The molecule has 3 nitrogen and oxygen atoms in total. The molecule has 3 heteroatoms. The predicted octanol–water partition coefficient (Wildman–Crippen LogP) is 5.97. The van der Waals surface area contributed by atoms with Crippen LogP contribution in [0.15, 0.2) is 42.5 Å². The lowest BCUT2D eigenvalue weighted by atomic mass is 9.65.